The van der Waals surface area contributed by atoms with Gasteiger partial charge in [0.1, 0.15) is 23.7 Å². The molecule has 4 rings (SSSR count). The molecular formula is C26H26F2N4O4. The molecule has 1 fully saturated rings. The summed E-state index contributed by atoms with van der Waals surface area (Å²) in [4.78, 5) is 11.3. The molecule has 3 aromatic rings. The number of carbonyl (C=O) groups is 1. The molecule has 0 radical (unpaired) electrons. The maximum absolute atomic E-state index is 14.7. The smallest absolute Gasteiger partial charge is 0.404 e. The Morgan fingerprint density at radius 3 is 2.58 bits per heavy atom. The molecule has 10 heteroatoms. The monoisotopic (exact) mass is 496 g/mol. The van der Waals surface area contributed by atoms with E-state index in [1.165, 1.54) is 31.4 Å². The minimum atomic E-state index is -0.839. The first-order valence-corrected chi connectivity index (χ1v) is 11.6. The van der Waals surface area contributed by atoms with Crippen LogP contribution in [0.4, 0.5) is 13.6 Å². The van der Waals surface area contributed by atoms with Gasteiger partial charge in [0.25, 0.3) is 0 Å². The number of nitrogens with two attached hydrogens (primary N) is 1. The summed E-state index contributed by atoms with van der Waals surface area (Å²) in [5, 5.41) is 13.9. The number of benzene rings is 2. The van der Waals surface area contributed by atoms with E-state index in [0.29, 0.717) is 47.7 Å². The number of amides is 1. The lowest BCUT2D eigenvalue weighted by molar-refractivity contribution is 0.0641. The van der Waals surface area contributed by atoms with Crippen LogP contribution in [-0.2, 0) is 4.74 Å². The molecule has 0 spiro atoms. The molecule has 0 saturated heterocycles. The summed E-state index contributed by atoms with van der Waals surface area (Å²) in [6.07, 6.45) is 1.42. The molecule has 2 unspecified atom stereocenters. The van der Waals surface area contributed by atoms with E-state index in [9.17, 15) is 13.6 Å². The van der Waals surface area contributed by atoms with Crippen LogP contribution < -0.4 is 15.2 Å². The molecule has 1 aliphatic rings. The van der Waals surface area contributed by atoms with Crippen LogP contribution in [0.25, 0.3) is 22.4 Å². The van der Waals surface area contributed by atoms with E-state index in [0.717, 1.165) is 12.8 Å². The highest BCUT2D eigenvalue weighted by molar-refractivity contribution is 5.85. The van der Waals surface area contributed by atoms with Crippen molar-refractivity contribution in [2.24, 2.45) is 5.73 Å². The van der Waals surface area contributed by atoms with Crippen molar-refractivity contribution in [2.45, 2.75) is 44.8 Å². The molecule has 1 aliphatic carbocycles. The lowest BCUT2D eigenvalue weighted by Gasteiger charge is -2.29. The molecule has 1 amide bonds. The maximum atomic E-state index is 14.7. The standard InChI is InChI=1S/C26H26F2N4O4/c1-3-35-25-23(15-9-10-22(34-2)21(28)11-15)24(16-7-8-17(14-29)20(27)12-16)31-32(25)18-5-4-6-19(13-18)36-26(30)33/h7-12,18-19H,3-6,13H2,1-2H3,(H2,30,33). The summed E-state index contributed by atoms with van der Waals surface area (Å²) in [5.74, 6) is -0.808. The second-order valence-electron chi connectivity index (χ2n) is 8.44. The van der Waals surface area contributed by atoms with Crippen molar-refractivity contribution in [3.63, 3.8) is 0 Å². The third-order valence-electron chi connectivity index (χ3n) is 6.18. The fourth-order valence-corrected chi connectivity index (χ4v) is 4.59. The Kier molecular flexibility index (Phi) is 7.38. The largest absolute Gasteiger partial charge is 0.494 e. The molecule has 2 atom stereocenters. The maximum Gasteiger partial charge on any atom is 0.404 e. The Balaban J connectivity index is 1.91. The van der Waals surface area contributed by atoms with Crippen LogP contribution in [0.1, 0.15) is 44.2 Å². The number of nitrogens with zero attached hydrogens (tertiary/aromatic N) is 3. The fraction of sp³-hybridized carbons (Fsp3) is 0.346. The van der Waals surface area contributed by atoms with Gasteiger partial charge in [0, 0.05) is 12.0 Å². The van der Waals surface area contributed by atoms with E-state index in [1.54, 1.807) is 16.8 Å². The fourth-order valence-electron chi connectivity index (χ4n) is 4.59. The predicted octanol–water partition coefficient (Wildman–Crippen LogP) is 5.35. The Hall–Kier alpha value is -4.13. The molecule has 0 bridgehead atoms. The zero-order valence-corrected chi connectivity index (χ0v) is 20.0. The number of methoxy groups -OCH3 is 1. The predicted molar refractivity (Wildman–Crippen MR) is 127 cm³/mol. The second-order valence-corrected chi connectivity index (χ2v) is 8.44. The number of ether oxygens (including phenoxy) is 3. The first kappa shape index (κ1) is 25.0. The number of primary amides is 1. The van der Waals surface area contributed by atoms with Crippen molar-refractivity contribution in [1.82, 2.24) is 9.78 Å². The van der Waals surface area contributed by atoms with Crippen LogP contribution >= 0.6 is 0 Å². The summed E-state index contributed by atoms with van der Waals surface area (Å²) in [7, 11) is 1.38. The molecule has 2 aromatic carbocycles. The number of nitriles is 1. The molecule has 1 aromatic heterocycles. The van der Waals surface area contributed by atoms with Gasteiger partial charge in [-0.2, -0.15) is 10.4 Å². The van der Waals surface area contributed by atoms with Gasteiger partial charge in [-0.1, -0.05) is 12.1 Å². The second kappa shape index (κ2) is 10.6. The Morgan fingerprint density at radius 1 is 1.19 bits per heavy atom. The van der Waals surface area contributed by atoms with Crippen LogP contribution in [0.2, 0.25) is 0 Å². The van der Waals surface area contributed by atoms with Crippen LogP contribution in [-0.4, -0.2) is 35.7 Å². The molecule has 0 aliphatic heterocycles. The first-order valence-electron chi connectivity index (χ1n) is 11.6. The zero-order chi connectivity index (χ0) is 25.8. The summed E-state index contributed by atoms with van der Waals surface area (Å²) in [6.45, 7) is 2.11. The van der Waals surface area contributed by atoms with Crippen molar-refractivity contribution < 1.29 is 27.8 Å². The molecule has 36 heavy (non-hydrogen) atoms. The van der Waals surface area contributed by atoms with Crippen LogP contribution in [0.3, 0.4) is 0 Å². The number of carbonyl (C=O) groups excluding carboxylic acids is 1. The minimum absolute atomic E-state index is 0.0776. The molecule has 1 heterocycles. The molecule has 188 valence electrons. The first-order chi connectivity index (χ1) is 17.4. The van der Waals surface area contributed by atoms with Gasteiger partial charge >= 0.3 is 6.09 Å². The van der Waals surface area contributed by atoms with Gasteiger partial charge in [-0.15, -0.1) is 0 Å². The molecular weight excluding hydrogens is 470 g/mol. The topological polar surface area (TPSA) is 112 Å². The van der Waals surface area contributed by atoms with E-state index in [4.69, 9.17) is 30.3 Å². The van der Waals surface area contributed by atoms with Crippen molar-refractivity contribution in [3.8, 4) is 40.1 Å². The molecule has 2 N–H and O–H groups in total. The molecule has 1 saturated carbocycles. The van der Waals surface area contributed by atoms with Gasteiger partial charge in [-0.3, -0.25) is 0 Å². The third kappa shape index (κ3) is 4.96. The van der Waals surface area contributed by atoms with Crippen molar-refractivity contribution in [2.75, 3.05) is 13.7 Å². The minimum Gasteiger partial charge on any atom is -0.494 e. The van der Waals surface area contributed by atoms with E-state index < -0.39 is 17.7 Å². The van der Waals surface area contributed by atoms with E-state index in [2.05, 4.69) is 0 Å². The van der Waals surface area contributed by atoms with Gasteiger partial charge in [0.2, 0.25) is 5.88 Å². The highest BCUT2D eigenvalue weighted by atomic mass is 19.1. The Labute approximate surface area is 207 Å². The number of halogens is 2. The lowest BCUT2D eigenvalue weighted by Crippen LogP contribution is -2.30. The van der Waals surface area contributed by atoms with Crippen LogP contribution in [0, 0.1) is 23.0 Å². The van der Waals surface area contributed by atoms with E-state index in [-0.39, 0.29) is 23.5 Å². The number of hydrogen-bond donors (Lipinski definition) is 1. The Bertz CT molecular complexity index is 1320. The van der Waals surface area contributed by atoms with Crippen molar-refractivity contribution in [3.05, 3.63) is 53.6 Å². The van der Waals surface area contributed by atoms with E-state index in [1.807, 2.05) is 13.0 Å². The van der Waals surface area contributed by atoms with Gasteiger partial charge in [-0.25, -0.2) is 18.3 Å². The summed E-state index contributed by atoms with van der Waals surface area (Å²) in [6, 6.07) is 10.3. The highest BCUT2D eigenvalue weighted by Crippen LogP contribution is 2.44. The highest BCUT2D eigenvalue weighted by Gasteiger charge is 2.32. The van der Waals surface area contributed by atoms with Gasteiger partial charge in [-0.05, 0) is 56.0 Å². The van der Waals surface area contributed by atoms with Gasteiger partial charge < -0.3 is 19.9 Å². The van der Waals surface area contributed by atoms with Crippen molar-refractivity contribution in [1.29, 1.82) is 5.26 Å². The molecule has 8 nitrogen and oxygen atoms in total. The van der Waals surface area contributed by atoms with E-state index >= 15 is 0 Å². The summed E-state index contributed by atoms with van der Waals surface area (Å²) < 4.78 is 47.4. The SMILES string of the molecule is CCOc1c(-c2ccc(OC)c(F)c2)c(-c2ccc(C#N)c(F)c2)nn1C1CCCC(OC(N)=O)C1. The summed E-state index contributed by atoms with van der Waals surface area (Å²) >= 11 is 0. The number of rotatable bonds is 7. The summed E-state index contributed by atoms with van der Waals surface area (Å²) in [5.41, 5.74) is 6.83. The van der Waals surface area contributed by atoms with Crippen LogP contribution in [0.5, 0.6) is 11.6 Å². The lowest BCUT2D eigenvalue weighted by atomic mass is 9.93. The van der Waals surface area contributed by atoms with Gasteiger partial charge in [0.15, 0.2) is 11.6 Å². The zero-order valence-electron chi connectivity index (χ0n) is 20.0. The third-order valence-corrected chi connectivity index (χ3v) is 6.18. The normalized spacial score (nSPS) is 17.3. The average Bonchev–Trinajstić information content (AvgIpc) is 3.23. The number of hydrogen-bond acceptors (Lipinski definition) is 6. The number of aromatic nitrogens is 2. The van der Waals surface area contributed by atoms with Gasteiger partial charge in [0.05, 0.1) is 30.9 Å². The average molecular weight is 497 g/mol. The van der Waals surface area contributed by atoms with Crippen molar-refractivity contribution >= 4 is 6.09 Å². The van der Waals surface area contributed by atoms with Crippen LogP contribution in [0.15, 0.2) is 36.4 Å². The Morgan fingerprint density at radius 2 is 1.94 bits per heavy atom. The quantitative estimate of drug-likeness (QED) is 0.472.